The number of hydrogen-bond acceptors (Lipinski definition) is 1. The minimum Gasteiger partial charge on any atom is -0.478 e. The van der Waals surface area contributed by atoms with Gasteiger partial charge in [0.1, 0.15) is 0 Å². The molecule has 3 rings (SSSR count). The Morgan fingerprint density at radius 2 is 1.76 bits per heavy atom. The van der Waals surface area contributed by atoms with Gasteiger partial charge in [-0.2, -0.15) is 0 Å². The van der Waals surface area contributed by atoms with E-state index in [9.17, 15) is 9.90 Å². The molecule has 1 heterocycles. The van der Waals surface area contributed by atoms with Gasteiger partial charge >= 0.3 is 5.97 Å². The number of para-hydroxylation sites is 1. The fourth-order valence-electron chi connectivity index (χ4n) is 2.91. The maximum absolute atomic E-state index is 11.6. The van der Waals surface area contributed by atoms with E-state index in [0.29, 0.717) is 5.56 Å². The number of hydrogen-bond donors (Lipinski definition) is 1. The van der Waals surface area contributed by atoms with Crippen molar-refractivity contribution < 1.29 is 9.90 Å². The largest absolute Gasteiger partial charge is 0.478 e. The van der Waals surface area contributed by atoms with E-state index in [1.54, 1.807) is 0 Å². The van der Waals surface area contributed by atoms with Gasteiger partial charge in [0.05, 0.1) is 11.1 Å². The molecule has 0 aliphatic rings. The van der Waals surface area contributed by atoms with E-state index >= 15 is 0 Å². The van der Waals surface area contributed by atoms with Crippen LogP contribution in [0.15, 0.2) is 42.5 Å². The molecule has 0 bridgehead atoms. The van der Waals surface area contributed by atoms with Gasteiger partial charge in [0.2, 0.25) is 0 Å². The molecule has 0 fully saturated rings. The van der Waals surface area contributed by atoms with Crippen molar-refractivity contribution in [3.63, 3.8) is 0 Å². The number of carboxylic acids is 1. The van der Waals surface area contributed by atoms with Crippen molar-refractivity contribution in [1.29, 1.82) is 0 Å². The lowest BCUT2D eigenvalue weighted by Crippen LogP contribution is -2.03. The van der Waals surface area contributed by atoms with Crippen LogP contribution in [0.1, 0.15) is 27.2 Å². The molecule has 21 heavy (non-hydrogen) atoms. The second-order valence-corrected chi connectivity index (χ2v) is 5.41. The summed E-state index contributed by atoms with van der Waals surface area (Å²) in [4.78, 5) is 11.6. The summed E-state index contributed by atoms with van der Waals surface area (Å²) < 4.78 is 2.04. The zero-order valence-corrected chi connectivity index (χ0v) is 12.3. The lowest BCUT2D eigenvalue weighted by Gasteiger charge is -2.12. The normalized spacial score (nSPS) is 11.0. The predicted octanol–water partition coefficient (Wildman–Crippen LogP) is 4.25. The summed E-state index contributed by atoms with van der Waals surface area (Å²) in [5, 5.41) is 10.3. The van der Waals surface area contributed by atoms with Crippen LogP contribution in [0.2, 0.25) is 0 Å². The van der Waals surface area contributed by atoms with Crippen molar-refractivity contribution >= 4 is 16.9 Å². The zero-order chi connectivity index (χ0) is 15.1. The highest BCUT2D eigenvalue weighted by atomic mass is 16.4. The monoisotopic (exact) mass is 279 g/mol. The lowest BCUT2D eigenvalue weighted by atomic mass is 10.1. The molecule has 1 N–H and O–H groups in total. The highest BCUT2D eigenvalue weighted by Crippen LogP contribution is 2.30. The summed E-state index contributed by atoms with van der Waals surface area (Å²) in [6.45, 7) is 5.96. The number of rotatable bonds is 2. The molecule has 3 aromatic rings. The first-order valence-electron chi connectivity index (χ1n) is 6.91. The molecule has 0 radical (unpaired) electrons. The highest BCUT2D eigenvalue weighted by molar-refractivity contribution is 6.05. The van der Waals surface area contributed by atoms with Crippen LogP contribution in [0.25, 0.3) is 16.6 Å². The molecule has 0 aliphatic heterocycles. The predicted molar refractivity (Wildman–Crippen MR) is 84.4 cm³/mol. The summed E-state index contributed by atoms with van der Waals surface area (Å²) in [7, 11) is 0. The Morgan fingerprint density at radius 1 is 1.05 bits per heavy atom. The zero-order valence-electron chi connectivity index (χ0n) is 12.3. The average Bonchev–Trinajstić information content (AvgIpc) is 2.73. The highest BCUT2D eigenvalue weighted by Gasteiger charge is 2.20. The first-order valence-corrected chi connectivity index (χ1v) is 6.91. The van der Waals surface area contributed by atoms with Crippen molar-refractivity contribution in [2.24, 2.45) is 0 Å². The Morgan fingerprint density at radius 3 is 2.48 bits per heavy atom. The van der Waals surface area contributed by atoms with Crippen molar-refractivity contribution in [2.45, 2.75) is 20.8 Å². The maximum atomic E-state index is 11.6. The SMILES string of the molecule is Cc1ccc(C)c(-n2c(C)c(C(=O)O)c3ccccc32)c1. The second-order valence-electron chi connectivity index (χ2n) is 5.41. The van der Waals surface area contributed by atoms with Gasteiger partial charge in [0.25, 0.3) is 0 Å². The van der Waals surface area contributed by atoms with Gasteiger partial charge in [-0.3, -0.25) is 0 Å². The van der Waals surface area contributed by atoms with Crippen LogP contribution >= 0.6 is 0 Å². The van der Waals surface area contributed by atoms with Crippen molar-refractivity contribution in [2.75, 3.05) is 0 Å². The molecule has 0 saturated carbocycles. The average molecular weight is 279 g/mol. The number of benzene rings is 2. The van der Waals surface area contributed by atoms with E-state index < -0.39 is 5.97 Å². The molecule has 0 atom stereocenters. The summed E-state index contributed by atoms with van der Waals surface area (Å²) in [6, 6.07) is 13.9. The summed E-state index contributed by atoms with van der Waals surface area (Å²) in [6.07, 6.45) is 0. The van der Waals surface area contributed by atoms with Gasteiger partial charge < -0.3 is 9.67 Å². The fraction of sp³-hybridized carbons (Fsp3) is 0.167. The lowest BCUT2D eigenvalue weighted by molar-refractivity contribution is 0.0698. The molecule has 1 aromatic heterocycles. The first kappa shape index (κ1) is 13.4. The number of carboxylic acid groups (broad SMARTS) is 1. The third-order valence-electron chi connectivity index (χ3n) is 3.93. The standard InChI is InChI=1S/C18H17NO2/c1-11-8-9-12(2)16(10-11)19-13(3)17(18(20)21)14-6-4-5-7-15(14)19/h4-10H,1-3H3,(H,20,21). The maximum Gasteiger partial charge on any atom is 0.338 e. The molecular weight excluding hydrogens is 262 g/mol. The molecule has 3 nitrogen and oxygen atoms in total. The third-order valence-corrected chi connectivity index (χ3v) is 3.93. The molecule has 0 unspecified atom stereocenters. The van der Waals surface area contributed by atoms with Gasteiger partial charge in [-0.15, -0.1) is 0 Å². The van der Waals surface area contributed by atoms with Gasteiger partial charge in [-0.25, -0.2) is 4.79 Å². The van der Waals surface area contributed by atoms with E-state index in [0.717, 1.165) is 33.4 Å². The summed E-state index contributed by atoms with van der Waals surface area (Å²) in [5.74, 6) is -0.882. The number of aryl methyl sites for hydroxylation is 2. The second kappa shape index (κ2) is 4.77. The Labute approximate surface area is 123 Å². The van der Waals surface area contributed by atoms with Crippen LogP contribution in [-0.2, 0) is 0 Å². The molecule has 0 aliphatic carbocycles. The number of aromatic carboxylic acids is 1. The van der Waals surface area contributed by atoms with Crippen molar-refractivity contribution in [3.8, 4) is 5.69 Å². The minimum absolute atomic E-state index is 0.381. The molecule has 3 heteroatoms. The van der Waals surface area contributed by atoms with Crippen LogP contribution in [0, 0.1) is 20.8 Å². The molecule has 2 aromatic carbocycles. The van der Waals surface area contributed by atoms with Crippen LogP contribution < -0.4 is 0 Å². The summed E-state index contributed by atoms with van der Waals surface area (Å²) in [5.41, 5.74) is 5.40. The van der Waals surface area contributed by atoms with E-state index in [1.165, 1.54) is 0 Å². The van der Waals surface area contributed by atoms with Gasteiger partial charge in [0, 0.05) is 16.8 Å². The number of fused-ring (bicyclic) bond motifs is 1. The van der Waals surface area contributed by atoms with E-state index in [1.807, 2.05) is 49.6 Å². The molecule has 106 valence electrons. The van der Waals surface area contributed by atoms with E-state index in [2.05, 4.69) is 18.2 Å². The Kier molecular flexibility index (Phi) is 3.05. The molecule has 0 saturated heterocycles. The van der Waals surface area contributed by atoms with Crippen molar-refractivity contribution in [1.82, 2.24) is 4.57 Å². The van der Waals surface area contributed by atoms with Crippen LogP contribution in [-0.4, -0.2) is 15.6 Å². The van der Waals surface area contributed by atoms with Crippen LogP contribution in [0.4, 0.5) is 0 Å². The van der Waals surface area contributed by atoms with E-state index in [4.69, 9.17) is 0 Å². The van der Waals surface area contributed by atoms with Gasteiger partial charge in [0.15, 0.2) is 0 Å². The summed E-state index contributed by atoms with van der Waals surface area (Å²) >= 11 is 0. The number of carbonyl (C=O) groups is 1. The fourth-order valence-corrected chi connectivity index (χ4v) is 2.91. The van der Waals surface area contributed by atoms with Crippen LogP contribution in [0.3, 0.4) is 0 Å². The Balaban J connectivity index is 2.46. The molecule has 0 amide bonds. The van der Waals surface area contributed by atoms with Gasteiger partial charge in [-0.05, 0) is 44.0 Å². The van der Waals surface area contributed by atoms with Gasteiger partial charge in [-0.1, -0.05) is 30.3 Å². The minimum atomic E-state index is -0.882. The van der Waals surface area contributed by atoms with Crippen molar-refractivity contribution in [3.05, 3.63) is 64.8 Å². The molecular formula is C18H17NO2. The number of nitrogens with zero attached hydrogens (tertiary/aromatic N) is 1. The van der Waals surface area contributed by atoms with Crippen LogP contribution in [0.5, 0.6) is 0 Å². The number of aromatic nitrogens is 1. The topological polar surface area (TPSA) is 42.2 Å². The Bertz CT molecular complexity index is 859. The first-order chi connectivity index (χ1) is 10.0. The quantitative estimate of drug-likeness (QED) is 0.761. The third kappa shape index (κ3) is 2.02. The van der Waals surface area contributed by atoms with E-state index in [-0.39, 0.29) is 0 Å². The smallest absolute Gasteiger partial charge is 0.338 e. The Hall–Kier alpha value is -2.55. The molecule has 0 spiro atoms.